The molecular weight excluding hydrogens is 453 g/mol. The Labute approximate surface area is 197 Å². The van der Waals surface area contributed by atoms with E-state index in [-0.39, 0.29) is 0 Å². The Morgan fingerprint density at radius 3 is 2.82 bits per heavy atom. The standard InChI is InChI=1S/C24H28N5O2PS/c1-17(26-12-3-11-25)19-6-4-18(5-7-19)14-23-27-24(28-31-23)21-8-9-22-16-29(33(2,30)32)13-10-20(22)15-21/h3-9,11-12,15,33H,1,10,13-14,16,25,32H2,2H3/b11-3-,26-12-. The summed E-state index contributed by atoms with van der Waals surface area (Å²) in [7, 11) is 0.173. The van der Waals surface area contributed by atoms with Crippen molar-refractivity contribution >= 4 is 30.1 Å². The lowest BCUT2D eigenvalue weighted by Crippen LogP contribution is -2.36. The predicted molar refractivity (Wildman–Crippen MR) is 139 cm³/mol. The van der Waals surface area contributed by atoms with Gasteiger partial charge in [0.1, 0.15) is 0 Å². The highest BCUT2D eigenvalue weighted by atomic mass is 32.8. The quantitative estimate of drug-likeness (QED) is 0.306. The Morgan fingerprint density at radius 2 is 2.09 bits per heavy atom. The number of benzene rings is 2. The van der Waals surface area contributed by atoms with E-state index in [1.807, 2.05) is 34.6 Å². The number of nitrogens with zero attached hydrogens (tertiary/aromatic N) is 4. The van der Waals surface area contributed by atoms with Crippen LogP contribution in [-0.2, 0) is 29.1 Å². The Kier molecular flexibility index (Phi) is 6.98. The van der Waals surface area contributed by atoms with Gasteiger partial charge in [-0.2, -0.15) is 4.98 Å². The average Bonchev–Trinajstić information content (AvgIpc) is 3.27. The van der Waals surface area contributed by atoms with Gasteiger partial charge in [0.15, 0.2) is 0 Å². The molecule has 1 aliphatic rings. The highest BCUT2D eigenvalue weighted by molar-refractivity contribution is 8.43. The van der Waals surface area contributed by atoms with Crippen molar-refractivity contribution in [3.05, 3.63) is 89.5 Å². The number of aromatic nitrogens is 2. The summed E-state index contributed by atoms with van der Waals surface area (Å²) in [4.78, 5) is 8.83. The van der Waals surface area contributed by atoms with Crippen LogP contribution in [0.25, 0.3) is 17.1 Å². The first-order valence-electron chi connectivity index (χ1n) is 10.6. The van der Waals surface area contributed by atoms with Gasteiger partial charge in [0, 0.05) is 31.1 Å². The first-order valence-corrected chi connectivity index (χ1v) is 14.3. The van der Waals surface area contributed by atoms with Crippen LogP contribution < -0.4 is 5.73 Å². The Bertz CT molecular complexity index is 1260. The van der Waals surface area contributed by atoms with Crippen molar-refractivity contribution in [2.75, 3.05) is 12.8 Å². The molecule has 2 N–H and O–H groups in total. The second-order valence-electron chi connectivity index (χ2n) is 8.06. The van der Waals surface area contributed by atoms with Gasteiger partial charge in [0.2, 0.25) is 11.7 Å². The molecule has 0 bridgehead atoms. The van der Waals surface area contributed by atoms with Crippen LogP contribution in [0.2, 0.25) is 0 Å². The minimum absolute atomic E-state index is 0.540. The summed E-state index contributed by atoms with van der Waals surface area (Å²) >= 11 is 0. The van der Waals surface area contributed by atoms with Gasteiger partial charge in [-0.25, -0.2) is 4.31 Å². The fourth-order valence-corrected chi connectivity index (χ4v) is 5.23. The normalized spacial score (nSPS) is 15.2. The zero-order valence-electron chi connectivity index (χ0n) is 18.5. The van der Waals surface area contributed by atoms with Crippen LogP contribution in [0.3, 0.4) is 0 Å². The molecule has 1 unspecified atom stereocenters. The largest absolute Gasteiger partial charge is 0.405 e. The molecule has 0 radical (unpaired) electrons. The highest BCUT2D eigenvalue weighted by Crippen LogP contribution is 2.29. The second kappa shape index (κ2) is 9.91. The van der Waals surface area contributed by atoms with Crippen LogP contribution in [0.1, 0.15) is 28.1 Å². The lowest BCUT2D eigenvalue weighted by molar-refractivity contribution is 0.385. The molecule has 0 fully saturated rings. The van der Waals surface area contributed by atoms with E-state index in [1.54, 1.807) is 18.5 Å². The molecule has 1 atom stereocenters. The molecule has 0 spiro atoms. The molecular formula is C24H28N5O2PS. The third-order valence-corrected chi connectivity index (χ3v) is 8.00. The van der Waals surface area contributed by atoms with Gasteiger partial charge in [-0.1, -0.05) is 56.6 Å². The van der Waals surface area contributed by atoms with E-state index in [2.05, 4.69) is 42.3 Å². The van der Waals surface area contributed by atoms with E-state index in [1.165, 1.54) is 17.3 Å². The molecule has 1 aliphatic heterocycles. The fourth-order valence-electron chi connectivity index (χ4n) is 3.71. The van der Waals surface area contributed by atoms with Crippen molar-refractivity contribution < 1.29 is 8.73 Å². The molecule has 0 saturated carbocycles. The van der Waals surface area contributed by atoms with Crippen LogP contribution in [0.15, 0.2) is 70.8 Å². The van der Waals surface area contributed by atoms with Gasteiger partial charge in [0.05, 0.1) is 12.1 Å². The summed E-state index contributed by atoms with van der Waals surface area (Å²) in [6.07, 6.45) is 7.86. The first-order chi connectivity index (χ1) is 15.8. The molecule has 0 saturated heterocycles. The van der Waals surface area contributed by atoms with Crippen molar-refractivity contribution in [1.29, 1.82) is 0 Å². The summed E-state index contributed by atoms with van der Waals surface area (Å²) in [5, 5.41) is 4.18. The third-order valence-electron chi connectivity index (χ3n) is 5.56. The van der Waals surface area contributed by atoms with E-state index in [4.69, 9.17) is 10.3 Å². The number of thiol groups is 1. The van der Waals surface area contributed by atoms with E-state index in [0.29, 0.717) is 30.4 Å². The lowest BCUT2D eigenvalue weighted by atomic mass is 9.98. The average molecular weight is 482 g/mol. The number of aliphatic imine (C=N–C) groups is 1. The molecule has 2 aromatic carbocycles. The Balaban J connectivity index is 1.44. The zero-order chi connectivity index (χ0) is 23.4. The Morgan fingerprint density at radius 1 is 1.30 bits per heavy atom. The monoisotopic (exact) mass is 481 g/mol. The maximum absolute atomic E-state index is 12.4. The minimum atomic E-state index is -2.32. The molecule has 7 nitrogen and oxygen atoms in total. The molecule has 4 rings (SSSR count). The van der Waals surface area contributed by atoms with Gasteiger partial charge in [-0.3, -0.25) is 9.20 Å². The first kappa shape index (κ1) is 23.2. The number of fused-ring (bicyclic) bond motifs is 1. The maximum atomic E-state index is 12.4. The van der Waals surface area contributed by atoms with E-state index >= 15 is 0 Å². The molecule has 0 amide bonds. The van der Waals surface area contributed by atoms with Crippen molar-refractivity contribution in [2.45, 2.75) is 19.4 Å². The van der Waals surface area contributed by atoms with E-state index in [9.17, 15) is 4.21 Å². The van der Waals surface area contributed by atoms with Crippen LogP contribution in [-0.4, -0.2) is 37.7 Å². The van der Waals surface area contributed by atoms with Crippen LogP contribution in [0.4, 0.5) is 0 Å². The van der Waals surface area contributed by atoms with Gasteiger partial charge in [0.25, 0.3) is 0 Å². The van der Waals surface area contributed by atoms with Gasteiger partial charge >= 0.3 is 0 Å². The van der Waals surface area contributed by atoms with Crippen molar-refractivity contribution in [3.63, 3.8) is 0 Å². The number of hydrogen-bond acceptors (Lipinski definition) is 6. The molecule has 3 aromatic rings. The molecule has 2 heterocycles. The molecule has 33 heavy (non-hydrogen) atoms. The lowest BCUT2D eigenvalue weighted by Gasteiger charge is -2.34. The Hall–Kier alpha value is -2.93. The molecule has 1 aromatic heterocycles. The SMILES string of the molecule is C=C(/N=C\C=C/N)c1ccc(Cc2nc(-c3ccc4c(c3)CCN([SH](C)(=O)P)C4)no2)cc1. The predicted octanol–water partition coefficient (Wildman–Crippen LogP) is 3.55. The second-order valence-corrected chi connectivity index (χ2v) is 13.4. The number of allylic oxidation sites excluding steroid dienone is 1. The molecule has 0 aliphatic carbocycles. The zero-order valence-corrected chi connectivity index (χ0v) is 20.6. The van der Waals surface area contributed by atoms with Gasteiger partial charge in [-0.05, 0) is 56.8 Å². The fraction of sp³-hybridized carbons (Fsp3) is 0.208. The summed E-state index contributed by atoms with van der Waals surface area (Å²) in [5.74, 6) is 1.14. The van der Waals surface area contributed by atoms with E-state index < -0.39 is 9.74 Å². The number of rotatable bonds is 7. The summed E-state index contributed by atoms with van der Waals surface area (Å²) in [6.45, 7) is 5.44. The molecule has 9 heteroatoms. The van der Waals surface area contributed by atoms with Gasteiger partial charge in [-0.15, -0.1) is 0 Å². The topological polar surface area (TPSA) is 97.6 Å². The van der Waals surface area contributed by atoms with Gasteiger partial charge < -0.3 is 10.3 Å². The van der Waals surface area contributed by atoms with Crippen LogP contribution in [0.5, 0.6) is 0 Å². The summed E-state index contributed by atoms with van der Waals surface area (Å²) in [6, 6.07) is 14.1. The number of hydrogen-bond donors (Lipinski definition) is 2. The maximum Gasteiger partial charge on any atom is 0.231 e. The van der Waals surface area contributed by atoms with Crippen LogP contribution in [0, 0.1) is 0 Å². The van der Waals surface area contributed by atoms with Crippen molar-refractivity contribution in [1.82, 2.24) is 14.4 Å². The number of nitrogens with two attached hydrogens (primary N) is 1. The molecule has 172 valence electrons. The highest BCUT2D eigenvalue weighted by Gasteiger charge is 2.22. The van der Waals surface area contributed by atoms with Crippen LogP contribution >= 0.6 is 8.44 Å². The van der Waals surface area contributed by atoms with Crippen molar-refractivity contribution in [2.24, 2.45) is 10.7 Å². The van der Waals surface area contributed by atoms with Crippen molar-refractivity contribution in [3.8, 4) is 11.4 Å². The summed E-state index contributed by atoms with van der Waals surface area (Å²) in [5.41, 5.74) is 11.3. The smallest absolute Gasteiger partial charge is 0.231 e. The van der Waals surface area contributed by atoms with E-state index in [0.717, 1.165) is 29.7 Å². The third kappa shape index (κ3) is 5.71. The minimum Gasteiger partial charge on any atom is -0.405 e. The summed E-state index contributed by atoms with van der Waals surface area (Å²) < 4.78 is 19.9.